The topological polar surface area (TPSA) is 52.3 Å². The summed E-state index contributed by atoms with van der Waals surface area (Å²) >= 11 is 19.9. The molecule has 2 N–H and O–H groups in total. The van der Waals surface area contributed by atoms with Gasteiger partial charge in [-0.05, 0) is 15.9 Å². The van der Waals surface area contributed by atoms with Crippen LogP contribution < -0.4 is 10.5 Å². The zero-order chi connectivity index (χ0) is 14.2. The smallest absolute Gasteiger partial charge is 0.417 e. The maximum Gasteiger partial charge on any atom is 0.491 e. The molecule has 1 aromatic carbocycles. The number of esters is 1. The molecule has 0 aliphatic heterocycles. The van der Waals surface area contributed by atoms with Crippen molar-refractivity contribution in [1.82, 2.24) is 0 Å². The Morgan fingerprint density at radius 2 is 1.67 bits per heavy atom. The fraction of sp³-hybridized carbons (Fsp3) is 0.125. The number of nitrogen functional groups attached to an aromatic ring is 1. The number of anilines is 1. The number of benzene rings is 1. The fourth-order valence-electron chi connectivity index (χ4n) is 0.869. The lowest BCUT2D eigenvalue weighted by atomic mass is 10.3. The Hall–Kier alpha value is -0.370. The van der Waals surface area contributed by atoms with Gasteiger partial charge in [0.1, 0.15) is 10.0 Å². The van der Waals surface area contributed by atoms with Crippen molar-refractivity contribution in [3.8, 4) is 5.75 Å². The van der Waals surface area contributed by atoms with E-state index in [-0.39, 0.29) is 15.2 Å². The summed E-state index contributed by atoms with van der Waals surface area (Å²) in [5, 5.41) is -1.13. The molecule has 10 heteroatoms. The van der Waals surface area contributed by atoms with Gasteiger partial charge in [0, 0.05) is 0 Å². The molecule has 0 amide bonds. The summed E-state index contributed by atoms with van der Waals surface area (Å²) in [6.45, 7) is 0. The normalized spacial score (nSPS) is 11.5. The van der Waals surface area contributed by atoms with Crippen LogP contribution in [0.3, 0.4) is 0 Å². The van der Waals surface area contributed by atoms with Crippen molar-refractivity contribution >= 4 is 62.4 Å². The van der Waals surface area contributed by atoms with Crippen LogP contribution in [-0.4, -0.2) is 12.1 Å². The summed E-state index contributed by atoms with van der Waals surface area (Å²) in [5.74, 6) is -3.23. The Labute approximate surface area is 122 Å². The van der Waals surface area contributed by atoms with Gasteiger partial charge in [-0.1, -0.05) is 34.8 Å². The number of nitrogens with two attached hydrogens (primary N) is 1. The molecule has 0 atom stereocenters. The third kappa shape index (κ3) is 2.96. The number of hydrogen-bond acceptors (Lipinski definition) is 3. The van der Waals surface area contributed by atoms with Crippen LogP contribution in [0.15, 0.2) is 4.47 Å². The molecule has 18 heavy (non-hydrogen) atoms. The lowest BCUT2D eigenvalue weighted by Gasteiger charge is -2.13. The molecule has 0 heterocycles. The minimum atomic E-state index is -5.19. The Kier molecular flexibility index (Phi) is 4.64. The number of carbonyl (C=O) groups excluding carboxylic acids is 1. The van der Waals surface area contributed by atoms with Crippen LogP contribution in [0.5, 0.6) is 5.75 Å². The average Bonchev–Trinajstić information content (AvgIpc) is 2.28. The second kappa shape index (κ2) is 5.32. The molecule has 0 aliphatic rings. The van der Waals surface area contributed by atoms with Gasteiger partial charge in [-0.25, -0.2) is 4.79 Å². The first-order valence-corrected chi connectivity index (χ1v) is 5.90. The number of rotatable bonds is 1. The van der Waals surface area contributed by atoms with E-state index in [9.17, 15) is 18.0 Å². The average molecular weight is 387 g/mol. The number of alkyl halides is 3. The van der Waals surface area contributed by atoms with Crippen LogP contribution in [0.1, 0.15) is 0 Å². The molecule has 0 radical (unpaired) electrons. The largest absolute Gasteiger partial charge is 0.491 e. The van der Waals surface area contributed by atoms with Crippen molar-refractivity contribution in [3.05, 3.63) is 19.5 Å². The third-order valence-electron chi connectivity index (χ3n) is 1.68. The van der Waals surface area contributed by atoms with Crippen molar-refractivity contribution in [2.24, 2.45) is 0 Å². The van der Waals surface area contributed by atoms with E-state index in [1.165, 1.54) is 0 Å². The Balaban J connectivity index is 3.31. The zero-order valence-electron chi connectivity index (χ0n) is 8.04. The highest BCUT2D eigenvalue weighted by molar-refractivity contribution is 9.10. The quantitative estimate of drug-likeness (QED) is 0.255. The molecule has 0 bridgehead atoms. The van der Waals surface area contributed by atoms with E-state index in [4.69, 9.17) is 40.5 Å². The van der Waals surface area contributed by atoms with Gasteiger partial charge in [0.15, 0.2) is 5.75 Å². The van der Waals surface area contributed by atoms with E-state index < -0.39 is 27.9 Å². The summed E-state index contributed by atoms with van der Waals surface area (Å²) in [6.07, 6.45) is -5.19. The molecule has 3 nitrogen and oxygen atoms in total. The first kappa shape index (κ1) is 15.7. The first-order valence-electron chi connectivity index (χ1n) is 3.97. The Bertz CT molecular complexity index is 492. The van der Waals surface area contributed by atoms with E-state index in [1.54, 1.807) is 0 Å². The lowest BCUT2D eigenvalue weighted by molar-refractivity contribution is -0.189. The van der Waals surface area contributed by atoms with Crippen molar-refractivity contribution in [2.45, 2.75) is 6.18 Å². The fourth-order valence-corrected chi connectivity index (χ4v) is 2.19. The zero-order valence-corrected chi connectivity index (χ0v) is 11.9. The second-order valence-electron chi connectivity index (χ2n) is 2.89. The monoisotopic (exact) mass is 385 g/mol. The van der Waals surface area contributed by atoms with Gasteiger partial charge in [-0.15, -0.1) is 0 Å². The minimum Gasteiger partial charge on any atom is -0.417 e. The number of carbonyl (C=O) groups is 1. The SMILES string of the molecule is Nc1c(Cl)c(OC(=O)C(F)(F)F)c(Cl)c(Cl)c1Br. The standard InChI is InChI=1S/C8H2BrCl3F3NO2/c9-1-2(10)3(11)6(4(12)5(1)16)18-7(17)8(13,14)15/h16H2. The predicted octanol–water partition coefficient (Wildman–Crippen LogP) is 4.46. The summed E-state index contributed by atoms with van der Waals surface area (Å²) in [7, 11) is 0. The predicted molar refractivity (Wildman–Crippen MR) is 65.3 cm³/mol. The molecule has 0 saturated heterocycles. The van der Waals surface area contributed by atoms with Gasteiger partial charge in [-0.2, -0.15) is 13.2 Å². The van der Waals surface area contributed by atoms with Crippen LogP contribution in [0.4, 0.5) is 18.9 Å². The van der Waals surface area contributed by atoms with E-state index in [1.807, 2.05) is 0 Å². The highest BCUT2D eigenvalue weighted by Gasteiger charge is 2.42. The first-order chi connectivity index (χ1) is 8.07. The molecule has 0 saturated carbocycles. The molecule has 0 fully saturated rings. The van der Waals surface area contributed by atoms with E-state index in [0.717, 1.165) is 0 Å². The van der Waals surface area contributed by atoms with Crippen molar-refractivity contribution < 1.29 is 22.7 Å². The summed E-state index contributed by atoms with van der Waals surface area (Å²) in [5.41, 5.74) is 5.24. The van der Waals surface area contributed by atoms with Gasteiger partial charge in [0.2, 0.25) is 0 Å². The molecule has 0 aromatic heterocycles. The van der Waals surface area contributed by atoms with Gasteiger partial charge in [-0.3, -0.25) is 0 Å². The molecule has 1 aromatic rings. The Morgan fingerprint density at radius 1 is 1.17 bits per heavy atom. The van der Waals surface area contributed by atoms with Gasteiger partial charge in [0.05, 0.1) is 15.2 Å². The second-order valence-corrected chi connectivity index (χ2v) is 4.81. The van der Waals surface area contributed by atoms with E-state index in [0.29, 0.717) is 0 Å². The van der Waals surface area contributed by atoms with Crippen LogP contribution in [0.25, 0.3) is 0 Å². The van der Waals surface area contributed by atoms with Crippen LogP contribution >= 0.6 is 50.7 Å². The Morgan fingerprint density at radius 3 is 2.11 bits per heavy atom. The minimum absolute atomic E-state index is 0.0889. The van der Waals surface area contributed by atoms with Crippen molar-refractivity contribution in [1.29, 1.82) is 0 Å². The van der Waals surface area contributed by atoms with Crippen molar-refractivity contribution in [3.63, 3.8) is 0 Å². The lowest BCUT2D eigenvalue weighted by Crippen LogP contribution is -2.28. The van der Waals surface area contributed by atoms with Crippen molar-refractivity contribution in [2.75, 3.05) is 5.73 Å². The maximum atomic E-state index is 12.0. The summed E-state index contributed by atoms with van der Waals surface area (Å²) < 4.78 is 40.3. The number of halogens is 7. The van der Waals surface area contributed by atoms with Crippen LogP contribution in [-0.2, 0) is 4.79 Å². The highest BCUT2D eigenvalue weighted by atomic mass is 79.9. The molecule has 0 unspecified atom stereocenters. The van der Waals surface area contributed by atoms with Gasteiger partial charge >= 0.3 is 12.1 Å². The molecule has 0 spiro atoms. The molecule has 1 rings (SSSR count). The molecule has 0 aliphatic carbocycles. The number of ether oxygens (including phenoxy) is 1. The summed E-state index contributed by atoms with van der Waals surface area (Å²) in [4.78, 5) is 10.7. The van der Waals surface area contributed by atoms with Gasteiger partial charge < -0.3 is 10.5 Å². The molecular formula is C8H2BrCl3F3NO2. The molecule has 100 valence electrons. The number of hydrogen-bond donors (Lipinski definition) is 1. The van der Waals surface area contributed by atoms with Crippen LogP contribution in [0, 0.1) is 0 Å². The van der Waals surface area contributed by atoms with Crippen LogP contribution in [0.2, 0.25) is 15.1 Å². The summed E-state index contributed by atoms with van der Waals surface area (Å²) in [6, 6.07) is 0. The molecular weight excluding hydrogens is 385 g/mol. The third-order valence-corrected chi connectivity index (χ3v) is 3.95. The maximum absolute atomic E-state index is 12.0. The van der Waals surface area contributed by atoms with E-state index >= 15 is 0 Å². The van der Waals surface area contributed by atoms with E-state index in [2.05, 4.69) is 20.7 Å². The van der Waals surface area contributed by atoms with Gasteiger partial charge in [0.25, 0.3) is 0 Å². The highest BCUT2D eigenvalue weighted by Crippen LogP contribution is 2.47.